The zero-order valence-electron chi connectivity index (χ0n) is 13.2. The molecule has 0 spiro atoms. The summed E-state index contributed by atoms with van der Waals surface area (Å²) in [7, 11) is 0. The van der Waals surface area contributed by atoms with Gasteiger partial charge >= 0.3 is 6.18 Å². The Labute approximate surface area is 139 Å². The molecule has 1 saturated heterocycles. The molecule has 0 unspecified atom stereocenters. The topological polar surface area (TPSA) is 18.5 Å². The van der Waals surface area contributed by atoms with E-state index < -0.39 is 11.7 Å². The first kappa shape index (κ1) is 18.4. The summed E-state index contributed by atoms with van der Waals surface area (Å²) in [6.07, 6.45) is 1.08. The molecule has 2 rings (SSSR count). The van der Waals surface area contributed by atoms with Crippen LogP contribution in [-0.2, 0) is 15.7 Å². The smallest absolute Gasteiger partial charge is 0.351 e. The number of allylic oxidation sites excluding steroid dienone is 2. The summed E-state index contributed by atoms with van der Waals surface area (Å²) in [6, 6.07) is 5.24. The maximum absolute atomic E-state index is 12.5. The number of ether oxygens (including phenoxy) is 2. The van der Waals surface area contributed by atoms with Crippen molar-refractivity contribution in [1.29, 1.82) is 0 Å². The standard InChI is InChI=1S/C17H21F3O2S/c1-12(13-6-8-14(9-7-13)17(18,19)20)4-3-5-16-21-10-15(23-2)11-22-16/h4,6-9,15-16H,3,5,10-11H2,1-2H3/b12-4+. The number of thioether (sulfide) groups is 1. The summed E-state index contributed by atoms with van der Waals surface area (Å²) in [5.74, 6) is 0. The van der Waals surface area contributed by atoms with E-state index in [2.05, 4.69) is 0 Å². The van der Waals surface area contributed by atoms with Crippen molar-refractivity contribution in [2.24, 2.45) is 0 Å². The van der Waals surface area contributed by atoms with Crippen LogP contribution >= 0.6 is 11.8 Å². The Kier molecular flexibility index (Phi) is 6.56. The normalized spacial score (nSPS) is 23.1. The molecule has 23 heavy (non-hydrogen) atoms. The highest BCUT2D eigenvalue weighted by Gasteiger charge is 2.29. The molecule has 0 radical (unpaired) electrons. The maximum Gasteiger partial charge on any atom is 0.416 e. The van der Waals surface area contributed by atoms with Crippen molar-refractivity contribution in [3.8, 4) is 0 Å². The largest absolute Gasteiger partial charge is 0.416 e. The van der Waals surface area contributed by atoms with Crippen molar-refractivity contribution in [1.82, 2.24) is 0 Å². The second-order valence-electron chi connectivity index (χ2n) is 5.49. The van der Waals surface area contributed by atoms with E-state index in [1.54, 1.807) is 11.8 Å². The van der Waals surface area contributed by atoms with Crippen LogP contribution in [0.1, 0.15) is 30.9 Å². The van der Waals surface area contributed by atoms with Crippen molar-refractivity contribution < 1.29 is 22.6 Å². The fourth-order valence-electron chi connectivity index (χ4n) is 2.30. The first-order chi connectivity index (χ1) is 10.9. The van der Waals surface area contributed by atoms with Crippen LogP contribution in [0.2, 0.25) is 0 Å². The fourth-order valence-corrected chi connectivity index (χ4v) is 2.73. The predicted molar refractivity (Wildman–Crippen MR) is 87.3 cm³/mol. The monoisotopic (exact) mass is 346 g/mol. The third kappa shape index (κ3) is 5.55. The molecule has 1 aromatic carbocycles. The fraction of sp³-hybridized carbons (Fsp3) is 0.529. The number of halogens is 3. The van der Waals surface area contributed by atoms with E-state index in [4.69, 9.17) is 9.47 Å². The van der Waals surface area contributed by atoms with E-state index >= 15 is 0 Å². The summed E-state index contributed by atoms with van der Waals surface area (Å²) in [4.78, 5) is 0. The molecule has 0 amide bonds. The van der Waals surface area contributed by atoms with Gasteiger partial charge in [0.1, 0.15) is 0 Å². The second-order valence-corrected chi connectivity index (χ2v) is 6.63. The minimum absolute atomic E-state index is 0.185. The lowest BCUT2D eigenvalue weighted by Gasteiger charge is -2.28. The van der Waals surface area contributed by atoms with Gasteiger partial charge in [-0.15, -0.1) is 0 Å². The molecule has 0 N–H and O–H groups in total. The van der Waals surface area contributed by atoms with Gasteiger partial charge in [0.25, 0.3) is 0 Å². The van der Waals surface area contributed by atoms with Crippen LogP contribution in [0.25, 0.3) is 5.57 Å². The molecular weight excluding hydrogens is 325 g/mol. The van der Waals surface area contributed by atoms with Gasteiger partial charge in [0.2, 0.25) is 0 Å². The van der Waals surface area contributed by atoms with Gasteiger partial charge in [0, 0.05) is 6.42 Å². The Morgan fingerprint density at radius 1 is 1.22 bits per heavy atom. The van der Waals surface area contributed by atoms with Gasteiger partial charge in [0.15, 0.2) is 6.29 Å². The molecule has 0 saturated carbocycles. The lowest BCUT2D eigenvalue weighted by atomic mass is 10.0. The van der Waals surface area contributed by atoms with Crippen molar-refractivity contribution in [3.05, 3.63) is 41.5 Å². The third-order valence-corrected chi connectivity index (χ3v) is 4.73. The number of rotatable bonds is 5. The summed E-state index contributed by atoms with van der Waals surface area (Å²) in [5.41, 5.74) is 1.13. The molecule has 1 aromatic rings. The van der Waals surface area contributed by atoms with Crippen LogP contribution in [0.4, 0.5) is 13.2 Å². The van der Waals surface area contributed by atoms with Gasteiger partial charge < -0.3 is 9.47 Å². The average molecular weight is 346 g/mol. The average Bonchev–Trinajstić information content (AvgIpc) is 2.54. The molecular formula is C17H21F3O2S. The van der Waals surface area contributed by atoms with E-state index in [0.717, 1.165) is 36.1 Å². The van der Waals surface area contributed by atoms with Gasteiger partial charge in [-0.3, -0.25) is 0 Å². The number of benzene rings is 1. The summed E-state index contributed by atoms with van der Waals surface area (Å²) in [5, 5.41) is 0.399. The SMILES string of the molecule is CSC1COC(CC/C=C(\C)c2ccc(C(F)(F)F)cc2)OC1. The first-order valence-corrected chi connectivity index (χ1v) is 8.79. The highest BCUT2D eigenvalue weighted by molar-refractivity contribution is 7.99. The Bertz CT molecular complexity index is 518. The molecule has 1 fully saturated rings. The van der Waals surface area contributed by atoms with E-state index in [1.165, 1.54) is 12.1 Å². The Balaban J connectivity index is 1.83. The van der Waals surface area contributed by atoms with Gasteiger partial charge in [0.05, 0.1) is 24.0 Å². The summed E-state index contributed by atoms with van der Waals surface area (Å²) < 4.78 is 48.9. The Hall–Kier alpha value is -0.980. The van der Waals surface area contributed by atoms with Crippen LogP contribution in [-0.4, -0.2) is 31.0 Å². The quantitative estimate of drug-likeness (QED) is 0.748. The summed E-state index contributed by atoms with van der Waals surface area (Å²) >= 11 is 1.73. The minimum atomic E-state index is -4.29. The first-order valence-electron chi connectivity index (χ1n) is 7.50. The van der Waals surface area contributed by atoms with E-state index in [-0.39, 0.29) is 6.29 Å². The Morgan fingerprint density at radius 2 is 1.83 bits per heavy atom. The molecule has 6 heteroatoms. The zero-order chi connectivity index (χ0) is 16.9. The van der Waals surface area contributed by atoms with Gasteiger partial charge in [-0.25, -0.2) is 0 Å². The van der Waals surface area contributed by atoms with Crippen LogP contribution < -0.4 is 0 Å². The molecule has 128 valence electrons. The van der Waals surface area contributed by atoms with E-state index in [1.807, 2.05) is 19.3 Å². The van der Waals surface area contributed by atoms with E-state index in [0.29, 0.717) is 18.5 Å². The molecule has 1 heterocycles. The second kappa shape index (κ2) is 8.22. The lowest BCUT2D eigenvalue weighted by Crippen LogP contribution is -2.33. The molecule has 0 atom stereocenters. The van der Waals surface area contributed by atoms with Crippen LogP contribution in [0, 0.1) is 0 Å². The van der Waals surface area contributed by atoms with Crippen LogP contribution in [0.5, 0.6) is 0 Å². The zero-order valence-corrected chi connectivity index (χ0v) is 14.0. The maximum atomic E-state index is 12.5. The number of alkyl halides is 3. The number of hydrogen-bond donors (Lipinski definition) is 0. The lowest BCUT2D eigenvalue weighted by molar-refractivity contribution is -0.177. The molecule has 0 bridgehead atoms. The van der Waals surface area contributed by atoms with Gasteiger partial charge in [-0.1, -0.05) is 18.2 Å². The van der Waals surface area contributed by atoms with Crippen molar-refractivity contribution in [2.75, 3.05) is 19.5 Å². The van der Waals surface area contributed by atoms with Crippen molar-refractivity contribution in [2.45, 2.75) is 37.5 Å². The summed E-state index contributed by atoms with van der Waals surface area (Å²) in [6.45, 7) is 3.30. The molecule has 1 aliphatic heterocycles. The van der Waals surface area contributed by atoms with Gasteiger partial charge in [-0.05, 0) is 42.9 Å². The highest BCUT2D eigenvalue weighted by Crippen LogP contribution is 2.30. The minimum Gasteiger partial charge on any atom is -0.351 e. The van der Waals surface area contributed by atoms with Crippen LogP contribution in [0.3, 0.4) is 0 Å². The molecule has 1 aliphatic rings. The van der Waals surface area contributed by atoms with Crippen molar-refractivity contribution >= 4 is 17.3 Å². The Morgan fingerprint density at radius 3 is 2.35 bits per heavy atom. The van der Waals surface area contributed by atoms with Crippen LogP contribution in [0.15, 0.2) is 30.3 Å². The molecule has 2 nitrogen and oxygen atoms in total. The number of hydrogen-bond acceptors (Lipinski definition) is 3. The third-order valence-electron chi connectivity index (χ3n) is 3.79. The molecule has 0 aromatic heterocycles. The highest BCUT2D eigenvalue weighted by atomic mass is 32.2. The van der Waals surface area contributed by atoms with E-state index in [9.17, 15) is 13.2 Å². The molecule has 0 aliphatic carbocycles. The van der Waals surface area contributed by atoms with Gasteiger partial charge in [-0.2, -0.15) is 24.9 Å². The van der Waals surface area contributed by atoms with Crippen molar-refractivity contribution in [3.63, 3.8) is 0 Å². The predicted octanol–water partition coefficient (Wildman–Crippen LogP) is 4.99.